The van der Waals surface area contributed by atoms with E-state index < -0.39 is 17.9 Å². The number of rotatable bonds is 11. The van der Waals surface area contributed by atoms with Gasteiger partial charge in [-0.25, -0.2) is 0 Å². The molecule has 35 heavy (non-hydrogen) atoms. The lowest BCUT2D eigenvalue weighted by molar-refractivity contribution is -0.193. The first kappa shape index (κ1) is 26.0. The van der Waals surface area contributed by atoms with Crippen LogP contribution in [0.3, 0.4) is 0 Å². The zero-order valence-corrected chi connectivity index (χ0v) is 21.5. The molecule has 3 fully saturated rings. The van der Waals surface area contributed by atoms with Crippen LogP contribution in [0.4, 0.5) is 0 Å². The molecule has 7 atom stereocenters. The molecule has 0 aromatic heterocycles. The third kappa shape index (κ3) is 5.52. The van der Waals surface area contributed by atoms with E-state index in [0.29, 0.717) is 25.6 Å². The summed E-state index contributed by atoms with van der Waals surface area (Å²) in [5.41, 5.74) is 0.278. The van der Waals surface area contributed by atoms with Gasteiger partial charge in [0.15, 0.2) is 0 Å². The molecule has 196 valence electrons. The van der Waals surface area contributed by atoms with E-state index in [2.05, 4.69) is 13.8 Å². The summed E-state index contributed by atoms with van der Waals surface area (Å²) in [7, 11) is 0. The molecule has 2 aliphatic heterocycles. The molecule has 0 radical (unpaired) electrons. The number of carbonyl (C=O) groups excluding carboxylic acids is 3. The van der Waals surface area contributed by atoms with Gasteiger partial charge in [-0.3, -0.25) is 14.4 Å². The van der Waals surface area contributed by atoms with Gasteiger partial charge in [-0.15, -0.1) is 0 Å². The van der Waals surface area contributed by atoms with Crippen LogP contribution >= 0.6 is 0 Å². The Kier molecular flexibility index (Phi) is 7.79. The number of carbonyl (C=O) groups is 3. The number of epoxide rings is 1. The molecule has 2 aliphatic carbocycles. The highest BCUT2D eigenvalue weighted by Crippen LogP contribution is 2.72. The van der Waals surface area contributed by atoms with Gasteiger partial charge in [0.2, 0.25) is 6.29 Å². The van der Waals surface area contributed by atoms with Crippen molar-refractivity contribution < 1.29 is 38.1 Å². The topological polar surface area (TPSA) is 101 Å². The summed E-state index contributed by atoms with van der Waals surface area (Å²) in [5, 5.41) is 0. The summed E-state index contributed by atoms with van der Waals surface area (Å²) in [5.74, 6) is -0.631. The largest absolute Gasteiger partial charge is 0.465 e. The standard InChI is InChI=1S/C27H40O8/c1-5-6-7-8-9-10-21(30)33-15-26(4)20-11-12-27(16-34-27)24-22(23(20)26)19(13-31-17(2)28)14-32-25(24)35-18(3)29/h14,20,22-25H,5-13,15-16H2,1-4H3. The van der Waals surface area contributed by atoms with Gasteiger partial charge in [-0.2, -0.15) is 0 Å². The van der Waals surface area contributed by atoms with Gasteiger partial charge < -0.3 is 23.7 Å². The van der Waals surface area contributed by atoms with Crippen LogP contribution in [0.2, 0.25) is 0 Å². The first-order valence-corrected chi connectivity index (χ1v) is 13.2. The van der Waals surface area contributed by atoms with Crippen LogP contribution in [0.25, 0.3) is 0 Å². The molecule has 0 N–H and O–H groups in total. The van der Waals surface area contributed by atoms with E-state index in [9.17, 15) is 14.4 Å². The van der Waals surface area contributed by atoms with E-state index in [0.717, 1.165) is 37.7 Å². The van der Waals surface area contributed by atoms with Crippen molar-refractivity contribution >= 4 is 17.9 Å². The minimum atomic E-state index is -0.754. The first-order chi connectivity index (χ1) is 16.7. The highest BCUT2D eigenvalue weighted by atomic mass is 16.7. The van der Waals surface area contributed by atoms with E-state index in [4.69, 9.17) is 23.7 Å². The van der Waals surface area contributed by atoms with Crippen LogP contribution in [-0.2, 0) is 38.1 Å². The summed E-state index contributed by atoms with van der Waals surface area (Å²) in [4.78, 5) is 35.9. The number of hydrogen-bond donors (Lipinski definition) is 0. The molecule has 0 amide bonds. The summed E-state index contributed by atoms with van der Waals surface area (Å²) in [6.45, 7) is 8.20. The molecule has 8 nitrogen and oxygen atoms in total. The molecule has 1 spiro atoms. The van der Waals surface area contributed by atoms with E-state index in [-0.39, 0.29) is 41.7 Å². The van der Waals surface area contributed by atoms with E-state index in [1.165, 1.54) is 26.7 Å². The molecule has 2 heterocycles. The fourth-order valence-electron chi connectivity index (χ4n) is 6.58. The molecule has 8 heteroatoms. The van der Waals surface area contributed by atoms with Gasteiger partial charge in [-0.05, 0) is 31.1 Å². The third-order valence-corrected chi connectivity index (χ3v) is 8.54. The molecule has 4 aliphatic rings. The Labute approximate surface area is 208 Å². The molecular weight excluding hydrogens is 452 g/mol. The summed E-state index contributed by atoms with van der Waals surface area (Å²) >= 11 is 0. The van der Waals surface area contributed by atoms with Gasteiger partial charge in [0.25, 0.3) is 0 Å². The maximum Gasteiger partial charge on any atom is 0.305 e. The molecule has 0 bridgehead atoms. The molecule has 0 aromatic carbocycles. The number of esters is 3. The Bertz CT molecular complexity index is 846. The second-order valence-electron chi connectivity index (χ2n) is 11.0. The Morgan fingerprint density at radius 2 is 1.80 bits per heavy atom. The molecule has 4 rings (SSSR count). The van der Waals surface area contributed by atoms with Crippen molar-refractivity contribution in [1.29, 1.82) is 0 Å². The van der Waals surface area contributed by atoms with Crippen molar-refractivity contribution in [2.45, 2.75) is 91.0 Å². The summed E-state index contributed by atoms with van der Waals surface area (Å²) in [6.07, 6.45) is 8.52. The normalized spacial score (nSPS) is 36.6. The number of ether oxygens (including phenoxy) is 5. The predicted octanol–water partition coefficient (Wildman–Crippen LogP) is 4.30. The Morgan fingerprint density at radius 1 is 1.06 bits per heavy atom. The van der Waals surface area contributed by atoms with Gasteiger partial charge >= 0.3 is 17.9 Å². The monoisotopic (exact) mass is 492 g/mol. The predicted molar refractivity (Wildman–Crippen MR) is 126 cm³/mol. The van der Waals surface area contributed by atoms with Crippen LogP contribution in [-0.4, -0.2) is 49.6 Å². The Balaban J connectivity index is 1.48. The average Bonchev–Trinajstić information content (AvgIpc) is 3.70. The van der Waals surface area contributed by atoms with E-state index in [1.54, 1.807) is 6.26 Å². The van der Waals surface area contributed by atoms with Gasteiger partial charge in [0.1, 0.15) is 12.2 Å². The van der Waals surface area contributed by atoms with E-state index in [1.807, 2.05) is 0 Å². The van der Waals surface area contributed by atoms with Crippen molar-refractivity contribution in [3.63, 3.8) is 0 Å². The van der Waals surface area contributed by atoms with Gasteiger partial charge in [-0.1, -0.05) is 39.5 Å². The Morgan fingerprint density at radius 3 is 2.46 bits per heavy atom. The maximum absolute atomic E-state index is 12.4. The maximum atomic E-state index is 12.4. The van der Waals surface area contributed by atoms with Crippen LogP contribution in [0, 0.1) is 29.1 Å². The zero-order valence-electron chi connectivity index (χ0n) is 21.5. The zero-order chi connectivity index (χ0) is 25.2. The highest BCUT2D eigenvalue weighted by Gasteiger charge is 2.74. The second kappa shape index (κ2) is 10.5. The highest BCUT2D eigenvalue weighted by molar-refractivity contribution is 5.69. The van der Waals surface area contributed by atoms with Crippen molar-refractivity contribution in [2.75, 3.05) is 19.8 Å². The molecule has 2 saturated carbocycles. The number of unbranched alkanes of at least 4 members (excludes halogenated alkanes) is 4. The summed E-state index contributed by atoms with van der Waals surface area (Å²) in [6, 6.07) is 0. The lowest BCUT2D eigenvalue weighted by atomic mass is 9.71. The average molecular weight is 493 g/mol. The van der Waals surface area contributed by atoms with Crippen LogP contribution in [0.1, 0.15) is 79.1 Å². The molecule has 0 aromatic rings. The first-order valence-electron chi connectivity index (χ1n) is 13.2. The fourth-order valence-corrected chi connectivity index (χ4v) is 6.58. The minimum Gasteiger partial charge on any atom is -0.465 e. The van der Waals surface area contributed by atoms with Crippen LogP contribution in [0.15, 0.2) is 11.8 Å². The van der Waals surface area contributed by atoms with Gasteiger partial charge in [0, 0.05) is 37.2 Å². The number of fused-ring (bicyclic) bond motifs is 4. The third-order valence-electron chi connectivity index (χ3n) is 8.54. The fraction of sp³-hybridized carbons (Fsp3) is 0.815. The lowest BCUT2D eigenvalue weighted by Gasteiger charge is -2.40. The summed E-state index contributed by atoms with van der Waals surface area (Å²) < 4.78 is 28.6. The Hall–Kier alpha value is -2.09. The molecule has 1 saturated heterocycles. The van der Waals surface area contributed by atoms with Crippen LogP contribution in [0.5, 0.6) is 0 Å². The second-order valence-corrected chi connectivity index (χ2v) is 11.0. The van der Waals surface area contributed by atoms with Crippen molar-refractivity contribution in [1.82, 2.24) is 0 Å². The number of hydrogen-bond acceptors (Lipinski definition) is 8. The lowest BCUT2D eigenvalue weighted by Crippen LogP contribution is -2.47. The van der Waals surface area contributed by atoms with Crippen molar-refractivity contribution in [2.24, 2.45) is 29.1 Å². The van der Waals surface area contributed by atoms with Crippen molar-refractivity contribution in [3.05, 3.63) is 11.8 Å². The molecule has 7 unspecified atom stereocenters. The smallest absolute Gasteiger partial charge is 0.305 e. The van der Waals surface area contributed by atoms with Gasteiger partial charge in [0.05, 0.1) is 25.4 Å². The van der Waals surface area contributed by atoms with E-state index >= 15 is 0 Å². The van der Waals surface area contributed by atoms with Crippen molar-refractivity contribution in [3.8, 4) is 0 Å². The molecular formula is C27H40O8. The quantitative estimate of drug-likeness (QED) is 0.182. The SMILES string of the molecule is CCCCCCCC(=O)OCC1(C)C2CCC3(CO3)C3C(OC(C)=O)OC=C(COC(C)=O)C3C21. The van der Waals surface area contributed by atoms with Crippen LogP contribution < -0.4 is 0 Å². The minimum absolute atomic E-state index is 0.0554.